The first-order valence-electron chi connectivity index (χ1n) is 13.0. The molecule has 6 unspecified atom stereocenters. The van der Waals surface area contributed by atoms with Crippen molar-refractivity contribution in [1.82, 2.24) is 15.0 Å². The van der Waals surface area contributed by atoms with Crippen molar-refractivity contribution in [3.63, 3.8) is 0 Å². The summed E-state index contributed by atoms with van der Waals surface area (Å²) in [6.45, 7) is 2.92. The van der Waals surface area contributed by atoms with Crippen molar-refractivity contribution in [2.45, 2.75) is 87.4 Å². The highest BCUT2D eigenvalue weighted by atomic mass is 32.2. The predicted molar refractivity (Wildman–Crippen MR) is 136 cm³/mol. The molecule has 1 aromatic carbocycles. The first kappa shape index (κ1) is 31.7. The van der Waals surface area contributed by atoms with E-state index in [1.807, 2.05) is 0 Å². The largest absolute Gasteiger partial charge is 0.463 e. The van der Waals surface area contributed by atoms with Crippen LogP contribution in [0.5, 0.6) is 0 Å². The summed E-state index contributed by atoms with van der Waals surface area (Å²) in [6.07, 6.45) is -2.64. The quantitative estimate of drug-likeness (QED) is 0.182. The Bertz CT molecular complexity index is 1310. The second-order valence-corrected chi connectivity index (χ2v) is 11.4. The SMILES string of the molecule is CC(=O)OCC1OC(SC2CCCC(F)(F)C2)C(OC(C)=O)C(n2cc(-c3cc(F)c(F)c(F)c3)nn2)C1OC(C)=O. The van der Waals surface area contributed by atoms with Crippen molar-refractivity contribution in [3.05, 3.63) is 35.8 Å². The molecule has 0 N–H and O–H groups in total. The van der Waals surface area contributed by atoms with Crippen LogP contribution in [0.15, 0.2) is 18.3 Å². The number of rotatable bonds is 8. The fraction of sp³-hybridized carbons (Fsp3) is 0.577. The molecule has 2 aliphatic rings. The molecule has 2 fully saturated rings. The minimum absolute atomic E-state index is 0.116. The van der Waals surface area contributed by atoms with Gasteiger partial charge in [-0.25, -0.2) is 26.6 Å². The molecule has 2 heterocycles. The molecule has 230 valence electrons. The van der Waals surface area contributed by atoms with E-state index >= 15 is 0 Å². The summed E-state index contributed by atoms with van der Waals surface area (Å²) in [5.41, 5.74) is -1.42. The van der Waals surface area contributed by atoms with Crippen LogP contribution in [0.1, 0.15) is 52.5 Å². The Balaban J connectivity index is 1.77. The number of hydrogen-bond acceptors (Lipinski definition) is 10. The van der Waals surface area contributed by atoms with Crippen molar-refractivity contribution < 1.29 is 55.3 Å². The van der Waals surface area contributed by atoms with Crippen LogP contribution in [0.3, 0.4) is 0 Å². The van der Waals surface area contributed by atoms with Crippen molar-refractivity contribution >= 4 is 29.7 Å². The summed E-state index contributed by atoms with van der Waals surface area (Å²) in [5, 5.41) is 7.30. The lowest BCUT2D eigenvalue weighted by atomic mass is 9.96. The summed E-state index contributed by atoms with van der Waals surface area (Å²) in [6, 6.07) is 0.176. The first-order valence-corrected chi connectivity index (χ1v) is 13.9. The predicted octanol–water partition coefficient (Wildman–Crippen LogP) is 4.37. The van der Waals surface area contributed by atoms with Crippen LogP contribution < -0.4 is 0 Å². The molecule has 0 radical (unpaired) electrons. The van der Waals surface area contributed by atoms with Gasteiger partial charge in [-0.05, 0) is 25.0 Å². The minimum atomic E-state index is -2.90. The Kier molecular flexibility index (Phi) is 9.75. The molecule has 0 spiro atoms. The van der Waals surface area contributed by atoms with Gasteiger partial charge in [-0.15, -0.1) is 16.9 Å². The average Bonchev–Trinajstić information content (AvgIpc) is 3.36. The standard InChI is InChI=1S/C26H28F5N3O7S/c1-12(35)38-11-20-23(39-13(2)36)22(34-10-19(32-33-34)15-7-17(27)21(29)18(28)8-15)24(40-14(3)37)25(41-20)42-16-5-4-6-26(30,31)9-16/h7-8,10,16,20,22-25H,4-6,9,11H2,1-3H3. The molecule has 42 heavy (non-hydrogen) atoms. The molecule has 6 atom stereocenters. The Labute approximate surface area is 241 Å². The number of carbonyl (C=O) groups is 3. The van der Waals surface area contributed by atoms with Crippen LogP contribution in [0, 0.1) is 17.5 Å². The fourth-order valence-electron chi connectivity index (χ4n) is 4.98. The van der Waals surface area contributed by atoms with E-state index < -0.39 is 89.3 Å². The molecule has 10 nitrogen and oxygen atoms in total. The van der Waals surface area contributed by atoms with Crippen LogP contribution in [0.4, 0.5) is 22.0 Å². The number of ether oxygens (including phenoxy) is 4. The van der Waals surface area contributed by atoms with E-state index in [-0.39, 0.29) is 24.1 Å². The van der Waals surface area contributed by atoms with E-state index in [0.29, 0.717) is 18.6 Å². The van der Waals surface area contributed by atoms with Crippen molar-refractivity contribution in [2.24, 2.45) is 0 Å². The Morgan fingerprint density at radius 2 is 1.69 bits per heavy atom. The second kappa shape index (κ2) is 12.9. The molecule has 0 amide bonds. The number of halogens is 5. The van der Waals surface area contributed by atoms with Crippen LogP contribution in [-0.4, -0.2) is 74.4 Å². The van der Waals surface area contributed by atoms with Gasteiger partial charge in [0.05, 0.1) is 6.20 Å². The number of esters is 3. The third-order valence-electron chi connectivity index (χ3n) is 6.69. The average molecular weight is 622 g/mol. The lowest BCUT2D eigenvalue weighted by Gasteiger charge is -2.45. The summed E-state index contributed by atoms with van der Waals surface area (Å²) < 4.78 is 93.3. The molecule has 4 rings (SSSR count). The molecule has 1 aromatic heterocycles. The maximum absolute atomic E-state index is 14.2. The topological polar surface area (TPSA) is 119 Å². The summed E-state index contributed by atoms with van der Waals surface area (Å²) in [7, 11) is 0. The number of alkyl halides is 2. The van der Waals surface area contributed by atoms with E-state index in [1.54, 1.807) is 0 Å². The molecular weight excluding hydrogens is 593 g/mol. The maximum Gasteiger partial charge on any atom is 0.303 e. The van der Waals surface area contributed by atoms with Gasteiger partial charge in [0.1, 0.15) is 29.9 Å². The number of carbonyl (C=O) groups excluding carboxylic acids is 3. The molecule has 1 saturated carbocycles. The molecule has 1 saturated heterocycles. The zero-order chi connectivity index (χ0) is 30.8. The highest BCUT2D eigenvalue weighted by molar-refractivity contribution is 8.00. The molecule has 1 aliphatic heterocycles. The monoisotopic (exact) mass is 621 g/mol. The molecule has 16 heteroatoms. The van der Waals surface area contributed by atoms with Gasteiger partial charge >= 0.3 is 17.9 Å². The normalized spacial score (nSPS) is 27.2. The lowest BCUT2D eigenvalue weighted by molar-refractivity contribution is -0.212. The van der Waals surface area contributed by atoms with Crippen LogP contribution in [-0.2, 0) is 33.3 Å². The molecule has 0 bridgehead atoms. The summed E-state index contributed by atoms with van der Waals surface area (Å²) in [5.74, 6) is -9.77. The molecular formula is C26H28F5N3O7S. The van der Waals surface area contributed by atoms with Gasteiger partial charge in [0.25, 0.3) is 0 Å². The van der Waals surface area contributed by atoms with Gasteiger partial charge < -0.3 is 18.9 Å². The smallest absolute Gasteiger partial charge is 0.303 e. The Morgan fingerprint density at radius 3 is 2.29 bits per heavy atom. The lowest BCUT2D eigenvalue weighted by Crippen LogP contribution is -2.58. The van der Waals surface area contributed by atoms with Gasteiger partial charge in [-0.1, -0.05) is 5.21 Å². The van der Waals surface area contributed by atoms with Crippen LogP contribution in [0.25, 0.3) is 11.3 Å². The zero-order valence-electron chi connectivity index (χ0n) is 22.7. The third kappa shape index (κ3) is 7.56. The highest BCUT2D eigenvalue weighted by Crippen LogP contribution is 2.45. The highest BCUT2D eigenvalue weighted by Gasteiger charge is 2.53. The number of nitrogens with zero attached hydrogens (tertiary/aromatic N) is 3. The number of thioether (sulfide) groups is 1. The van der Waals surface area contributed by atoms with Gasteiger partial charge in [0.2, 0.25) is 5.92 Å². The first-order chi connectivity index (χ1) is 19.7. The minimum Gasteiger partial charge on any atom is -0.463 e. The van der Waals surface area contributed by atoms with E-state index in [4.69, 9.17) is 18.9 Å². The van der Waals surface area contributed by atoms with E-state index in [2.05, 4.69) is 10.3 Å². The van der Waals surface area contributed by atoms with Crippen LogP contribution >= 0.6 is 11.8 Å². The second-order valence-electron chi connectivity index (χ2n) is 10.0. The number of benzene rings is 1. The third-order valence-corrected chi connectivity index (χ3v) is 8.12. The van der Waals surface area contributed by atoms with Gasteiger partial charge in [0.15, 0.2) is 29.7 Å². The van der Waals surface area contributed by atoms with E-state index in [1.165, 1.54) is 6.20 Å². The summed E-state index contributed by atoms with van der Waals surface area (Å²) in [4.78, 5) is 36.0. The van der Waals surface area contributed by atoms with Gasteiger partial charge in [0, 0.05) is 44.4 Å². The number of aromatic nitrogens is 3. The van der Waals surface area contributed by atoms with E-state index in [9.17, 15) is 36.3 Å². The fourth-order valence-corrected chi connectivity index (χ4v) is 6.58. The van der Waals surface area contributed by atoms with Crippen molar-refractivity contribution in [2.75, 3.05) is 6.61 Å². The van der Waals surface area contributed by atoms with Gasteiger partial charge in [-0.3, -0.25) is 14.4 Å². The number of hydrogen-bond donors (Lipinski definition) is 0. The molecule has 1 aliphatic carbocycles. The summed E-state index contributed by atoms with van der Waals surface area (Å²) >= 11 is 0.997. The zero-order valence-corrected chi connectivity index (χ0v) is 23.5. The Hall–Kier alpha value is -3.27. The van der Waals surface area contributed by atoms with Gasteiger partial charge in [-0.2, -0.15) is 0 Å². The molecule has 2 aromatic rings. The van der Waals surface area contributed by atoms with Crippen molar-refractivity contribution in [3.8, 4) is 11.3 Å². The van der Waals surface area contributed by atoms with Crippen molar-refractivity contribution in [1.29, 1.82) is 0 Å². The van der Waals surface area contributed by atoms with E-state index in [0.717, 1.165) is 37.2 Å². The maximum atomic E-state index is 14.2. The Morgan fingerprint density at radius 1 is 1.05 bits per heavy atom. The van der Waals surface area contributed by atoms with Crippen LogP contribution in [0.2, 0.25) is 0 Å².